The van der Waals surface area contributed by atoms with E-state index in [1.54, 1.807) is 0 Å². The molecule has 2 amide bonds. The summed E-state index contributed by atoms with van der Waals surface area (Å²) >= 11 is 0. The van der Waals surface area contributed by atoms with Gasteiger partial charge in [0.15, 0.2) is 5.81 Å². The standard InChI is InChI=1S/C22H29BN2O3/c1-16(25-22(27)23-19-10-5-3-2-4-6-11-19)14-24-21(26)18-13-17-9-7-8-12-20(17)28-15-18/h7-9,12-13,19,23H,1-6,10-11,14-15H2,(H,24,26)(H,25,27). The first-order valence-corrected chi connectivity index (χ1v) is 10.3. The number of hydrogen-bond acceptors (Lipinski definition) is 3. The van der Waals surface area contributed by atoms with E-state index in [4.69, 9.17) is 4.74 Å². The number of benzene rings is 1. The van der Waals surface area contributed by atoms with Crippen molar-refractivity contribution in [3.8, 4) is 5.75 Å². The highest BCUT2D eigenvalue weighted by molar-refractivity contribution is 6.74. The van der Waals surface area contributed by atoms with Crippen molar-refractivity contribution in [2.45, 2.75) is 50.8 Å². The second-order valence-corrected chi connectivity index (χ2v) is 7.75. The average Bonchev–Trinajstić information content (AvgIpc) is 2.67. The lowest BCUT2D eigenvalue weighted by molar-refractivity contribution is -0.117. The molecule has 0 aromatic heterocycles. The minimum atomic E-state index is -0.204. The number of hydrogen-bond donors (Lipinski definition) is 2. The summed E-state index contributed by atoms with van der Waals surface area (Å²) in [6, 6.07) is 7.61. The molecule has 28 heavy (non-hydrogen) atoms. The van der Waals surface area contributed by atoms with Crippen LogP contribution < -0.4 is 15.4 Å². The summed E-state index contributed by atoms with van der Waals surface area (Å²) in [6.45, 7) is 4.33. The zero-order valence-electron chi connectivity index (χ0n) is 16.5. The number of amides is 2. The Bertz CT molecular complexity index is 752. The molecule has 1 saturated carbocycles. The Balaban J connectivity index is 1.42. The van der Waals surface area contributed by atoms with Gasteiger partial charge in [0.05, 0.1) is 12.1 Å². The monoisotopic (exact) mass is 380 g/mol. The van der Waals surface area contributed by atoms with E-state index in [1.807, 2.05) is 30.3 Å². The van der Waals surface area contributed by atoms with Gasteiger partial charge in [-0.3, -0.25) is 9.59 Å². The van der Waals surface area contributed by atoms with E-state index >= 15 is 0 Å². The van der Waals surface area contributed by atoms with Crippen LogP contribution in [0.2, 0.25) is 5.82 Å². The summed E-state index contributed by atoms with van der Waals surface area (Å²) in [4.78, 5) is 24.7. The number of ether oxygens (including phenoxy) is 1. The fourth-order valence-corrected chi connectivity index (χ4v) is 3.85. The van der Waals surface area contributed by atoms with E-state index in [9.17, 15) is 9.59 Å². The minimum absolute atomic E-state index is 0.000958. The fraction of sp³-hybridized carbons (Fsp3) is 0.455. The zero-order valence-corrected chi connectivity index (χ0v) is 16.5. The molecule has 1 fully saturated rings. The first-order valence-electron chi connectivity index (χ1n) is 10.3. The normalized spacial score (nSPS) is 17.1. The highest BCUT2D eigenvalue weighted by Gasteiger charge is 2.19. The van der Waals surface area contributed by atoms with Gasteiger partial charge in [-0.15, -0.1) is 0 Å². The van der Waals surface area contributed by atoms with Crippen LogP contribution in [-0.4, -0.2) is 32.1 Å². The summed E-state index contributed by atoms with van der Waals surface area (Å²) in [5.41, 5.74) is 1.97. The van der Waals surface area contributed by atoms with Crippen molar-refractivity contribution in [1.29, 1.82) is 0 Å². The molecule has 0 spiro atoms. The SMILES string of the molecule is C=C(CNC(=O)C1=Cc2ccccc2OC1)NC(=O)BC1CCCCCCC1. The number of carbonyl (C=O) groups is 2. The lowest BCUT2D eigenvalue weighted by atomic mass is 9.59. The van der Waals surface area contributed by atoms with Gasteiger partial charge in [-0.25, -0.2) is 0 Å². The van der Waals surface area contributed by atoms with Crippen molar-refractivity contribution in [3.63, 3.8) is 0 Å². The van der Waals surface area contributed by atoms with Gasteiger partial charge in [-0.2, -0.15) is 0 Å². The molecule has 2 N–H and O–H groups in total. The number of rotatable bonds is 6. The zero-order chi connectivity index (χ0) is 19.8. The summed E-state index contributed by atoms with van der Waals surface area (Å²) in [5.74, 6) is 1.04. The highest BCUT2D eigenvalue weighted by atomic mass is 16.5. The first-order chi connectivity index (χ1) is 13.6. The molecule has 0 radical (unpaired) electrons. The van der Waals surface area contributed by atoms with Crippen molar-refractivity contribution in [2.24, 2.45) is 0 Å². The first kappa shape index (κ1) is 20.2. The maximum atomic E-state index is 12.4. The van der Waals surface area contributed by atoms with E-state index in [0.29, 0.717) is 24.4 Å². The molecule has 1 aliphatic heterocycles. The molecular formula is C22H29BN2O3. The molecule has 0 atom stereocenters. The van der Waals surface area contributed by atoms with Crippen molar-refractivity contribution in [3.05, 3.63) is 47.7 Å². The molecule has 5 nitrogen and oxygen atoms in total. The van der Waals surface area contributed by atoms with Crippen LogP contribution in [0, 0.1) is 0 Å². The Morgan fingerprint density at radius 1 is 1.11 bits per heavy atom. The van der Waals surface area contributed by atoms with Gasteiger partial charge >= 0.3 is 0 Å². The summed E-state index contributed by atoms with van der Waals surface area (Å²) < 4.78 is 5.61. The van der Waals surface area contributed by atoms with E-state index < -0.39 is 0 Å². The van der Waals surface area contributed by atoms with Gasteiger partial charge in [0.1, 0.15) is 12.4 Å². The Morgan fingerprint density at radius 3 is 2.61 bits per heavy atom. The van der Waals surface area contributed by atoms with Gasteiger partial charge in [-0.05, 0) is 12.1 Å². The van der Waals surface area contributed by atoms with Crippen molar-refractivity contribution >= 4 is 25.1 Å². The van der Waals surface area contributed by atoms with Crippen LogP contribution in [0.1, 0.15) is 50.5 Å². The molecule has 0 saturated heterocycles. The van der Waals surface area contributed by atoms with Crippen LogP contribution in [-0.2, 0) is 4.79 Å². The maximum Gasteiger partial charge on any atom is 0.251 e. The summed E-state index contributed by atoms with van der Waals surface area (Å²) in [6.07, 6.45) is 10.4. The number of para-hydroxylation sites is 1. The summed E-state index contributed by atoms with van der Waals surface area (Å²) in [7, 11) is 0.544. The molecule has 1 aromatic rings. The third-order valence-electron chi connectivity index (χ3n) is 5.40. The molecule has 0 unspecified atom stereocenters. The molecule has 2 aliphatic rings. The third-order valence-corrected chi connectivity index (χ3v) is 5.40. The topological polar surface area (TPSA) is 67.4 Å². The van der Waals surface area contributed by atoms with Crippen LogP contribution in [0.25, 0.3) is 6.08 Å². The second-order valence-electron chi connectivity index (χ2n) is 7.75. The van der Waals surface area contributed by atoms with Crippen LogP contribution in [0.4, 0.5) is 4.79 Å². The lowest BCUT2D eigenvalue weighted by Crippen LogP contribution is -2.36. The molecule has 0 bridgehead atoms. The van der Waals surface area contributed by atoms with Gasteiger partial charge in [-0.1, -0.05) is 75.5 Å². The van der Waals surface area contributed by atoms with Crippen LogP contribution in [0.15, 0.2) is 42.1 Å². The van der Waals surface area contributed by atoms with Crippen LogP contribution >= 0.6 is 0 Å². The molecule has 1 aromatic carbocycles. The van der Waals surface area contributed by atoms with Gasteiger partial charge < -0.3 is 15.4 Å². The molecule has 148 valence electrons. The van der Waals surface area contributed by atoms with Gasteiger partial charge in [0.25, 0.3) is 5.91 Å². The van der Waals surface area contributed by atoms with Crippen molar-refractivity contribution < 1.29 is 14.3 Å². The number of nitrogens with one attached hydrogen (secondary N) is 2. The van der Waals surface area contributed by atoms with Gasteiger partial charge in [0, 0.05) is 11.3 Å². The molecule has 6 heteroatoms. The smallest absolute Gasteiger partial charge is 0.251 e. The second kappa shape index (κ2) is 10.2. The molecular weight excluding hydrogens is 351 g/mol. The Kier molecular flexibility index (Phi) is 7.35. The van der Waals surface area contributed by atoms with E-state index in [-0.39, 0.29) is 24.9 Å². The van der Waals surface area contributed by atoms with E-state index in [0.717, 1.165) is 24.2 Å². The molecule has 1 heterocycles. The Hall–Kier alpha value is -2.50. The maximum absolute atomic E-state index is 12.4. The number of fused-ring (bicyclic) bond motifs is 1. The highest BCUT2D eigenvalue weighted by Crippen LogP contribution is 2.26. The predicted octanol–water partition coefficient (Wildman–Crippen LogP) is 3.77. The Morgan fingerprint density at radius 2 is 1.82 bits per heavy atom. The van der Waals surface area contributed by atoms with E-state index in [2.05, 4.69) is 17.2 Å². The van der Waals surface area contributed by atoms with Crippen LogP contribution in [0.5, 0.6) is 5.75 Å². The van der Waals surface area contributed by atoms with Gasteiger partial charge in [0.2, 0.25) is 7.28 Å². The van der Waals surface area contributed by atoms with Crippen LogP contribution in [0.3, 0.4) is 0 Å². The average molecular weight is 380 g/mol. The third kappa shape index (κ3) is 6.01. The summed E-state index contributed by atoms with van der Waals surface area (Å²) in [5, 5.41) is 5.65. The Labute approximate surface area is 167 Å². The van der Waals surface area contributed by atoms with Crippen molar-refractivity contribution in [1.82, 2.24) is 10.6 Å². The molecule has 1 aliphatic carbocycles. The number of carbonyl (C=O) groups excluding carboxylic acids is 2. The predicted molar refractivity (Wildman–Crippen MR) is 114 cm³/mol. The largest absolute Gasteiger partial charge is 0.488 e. The van der Waals surface area contributed by atoms with Crippen molar-refractivity contribution in [2.75, 3.05) is 13.2 Å². The van der Waals surface area contributed by atoms with E-state index in [1.165, 1.54) is 32.1 Å². The lowest BCUT2D eigenvalue weighted by Gasteiger charge is -2.19. The fourth-order valence-electron chi connectivity index (χ4n) is 3.85. The minimum Gasteiger partial charge on any atom is -0.488 e. The quantitative estimate of drug-likeness (QED) is 0.739. The molecule has 3 rings (SSSR count).